The Labute approximate surface area is 264 Å². The van der Waals surface area contributed by atoms with Crippen LogP contribution in [0.4, 0.5) is 13.2 Å². The Balaban J connectivity index is 1.24. The molecule has 1 aliphatic carbocycles. The van der Waals surface area contributed by atoms with Gasteiger partial charge in [-0.25, -0.2) is 13.2 Å². The zero-order valence-electron chi connectivity index (χ0n) is 26.4. The number of alkyl halides is 2. The fourth-order valence-electron chi connectivity index (χ4n) is 6.60. The SMILES string of the molecule is CCC(F)(F)CNC(=O)c1cc2c(cc1C)=CCC(C)N(CC1CCCC(CC(=O)c3ccc(-c4ccc(F)cc4)cc3)C1)C=2. The van der Waals surface area contributed by atoms with Crippen LogP contribution in [0.25, 0.3) is 23.4 Å². The zero-order valence-corrected chi connectivity index (χ0v) is 26.4. The van der Waals surface area contributed by atoms with Gasteiger partial charge >= 0.3 is 0 Å². The number of ketones is 1. The molecule has 0 aromatic heterocycles. The smallest absolute Gasteiger partial charge is 0.264 e. The second-order valence-electron chi connectivity index (χ2n) is 12.9. The molecule has 1 saturated carbocycles. The summed E-state index contributed by atoms with van der Waals surface area (Å²) in [5.41, 5.74) is 3.75. The van der Waals surface area contributed by atoms with Crippen molar-refractivity contribution in [3.8, 4) is 11.1 Å². The number of nitrogens with one attached hydrogen (secondary N) is 1. The summed E-state index contributed by atoms with van der Waals surface area (Å²) in [5, 5.41) is 4.39. The molecule has 1 amide bonds. The van der Waals surface area contributed by atoms with Crippen molar-refractivity contribution in [2.45, 2.75) is 77.7 Å². The van der Waals surface area contributed by atoms with Gasteiger partial charge < -0.3 is 10.2 Å². The molecule has 1 aliphatic heterocycles. The van der Waals surface area contributed by atoms with E-state index in [-0.39, 0.29) is 24.1 Å². The number of benzene rings is 3. The fraction of sp³-hybridized carbons (Fsp3) is 0.421. The van der Waals surface area contributed by atoms with E-state index in [1.54, 1.807) is 12.1 Å². The number of nitrogens with zero attached hydrogens (tertiary/aromatic N) is 1. The first-order valence-corrected chi connectivity index (χ1v) is 16.1. The number of rotatable bonds is 10. The molecule has 5 rings (SSSR count). The van der Waals surface area contributed by atoms with Crippen molar-refractivity contribution in [2.75, 3.05) is 13.1 Å². The monoisotopic (exact) mass is 616 g/mol. The van der Waals surface area contributed by atoms with Crippen molar-refractivity contribution in [3.05, 3.63) is 93.6 Å². The maximum Gasteiger partial charge on any atom is 0.264 e. The highest BCUT2D eigenvalue weighted by Crippen LogP contribution is 2.33. The average molecular weight is 617 g/mol. The lowest BCUT2D eigenvalue weighted by molar-refractivity contribution is -0.00102. The molecule has 4 nitrogen and oxygen atoms in total. The first kappa shape index (κ1) is 32.5. The van der Waals surface area contributed by atoms with Crippen LogP contribution in [0.3, 0.4) is 0 Å². The van der Waals surface area contributed by atoms with Crippen molar-refractivity contribution in [1.82, 2.24) is 10.2 Å². The third-order valence-corrected chi connectivity index (χ3v) is 9.47. The Hall–Kier alpha value is -3.87. The molecule has 0 radical (unpaired) electrons. The average Bonchev–Trinajstić information content (AvgIpc) is 3.18. The fourth-order valence-corrected chi connectivity index (χ4v) is 6.60. The molecule has 7 heteroatoms. The van der Waals surface area contributed by atoms with Crippen LogP contribution >= 0.6 is 0 Å². The van der Waals surface area contributed by atoms with Crippen LogP contribution in [0.1, 0.15) is 85.1 Å². The van der Waals surface area contributed by atoms with Crippen molar-refractivity contribution < 1.29 is 22.8 Å². The minimum atomic E-state index is -2.93. The molecule has 0 saturated heterocycles. The highest BCUT2D eigenvalue weighted by atomic mass is 19.3. The summed E-state index contributed by atoms with van der Waals surface area (Å²) in [6.45, 7) is 5.64. The van der Waals surface area contributed by atoms with Crippen LogP contribution < -0.4 is 15.8 Å². The molecule has 3 unspecified atom stereocenters. The molecular formula is C38H43F3N2O2. The number of hydrogen-bond donors (Lipinski definition) is 1. The Morgan fingerprint density at radius 1 is 0.956 bits per heavy atom. The molecule has 45 heavy (non-hydrogen) atoms. The highest BCUT2D eigenvalue weighted by Gasteiger charge is 2.28. The first-order chi connectivity index (χ1) is 21.5. The lowest BCUT2D eigenvalue weighted by Crippen LogP contribution is -2.38. The lowest BCUT2D eigenvalue weighted by Gasteiger charge is -2.35. The van der Waals surface area contributed by atoms with Crippen molar-refractivity contribution in [1.29, 1.82) is 0 Å². The number of carbonyl (C=O) groups excluding carboxylic acids is 2. The normalized spacial score (nSPS) is 20.0. The summed E-state index contributed by atoms with van der Waals surface area (Å²) < 4.78 is 40.8. The van der Waals surface area contributed by atoms with E-state index in [9.17, 15) is 22.8 Å². The second kappa shape index (κ2) is 14.1. The maximum atomic E-state index is 13.8. The van der Waals surface area contributed by atoms with Gasteiger partial charge in [-0.05, 0) is 96.7 Å². The van der Waals surface area contributed by atoms with Crippen LogP contribution in [0.15, 0.2) is 60.7 Å². The molecule has 1 heterocycles. The van der Waals surface area contributed by atoms with E-state index < -0.39 is 18.4 Å². The molecule has 238 valence electrons. The van der Waals surface area contributed by atoms with Crippen molar-refractivity contribution in [2.24, 2.45) is 11.8 Å². The largest absolute Gasteiger partial charge is 0.374 e. The van der Waals surface area contributed by atoms with Crippen LogP contribution in [-0.4, -0.2) is 41.6 Å². The third kappa shape index (κ3) is 8.24. The Morgan fingerprint density at radius 2 is 1.62 bits per heavy atom. The third-order valence-electron chi connectivity index (χ3n) is 9.47. The molecule has 1 N–H and O–H groups in total. The van der Waals surface area contributed by atoms with Crippen LogP contribution in [0, 0.1) is 24.6 Å². The van der Waals surface area contributed by atoms with Crippen LogP contribution in [0.5, 0.6) is 0 Å². The summed E-state index contributed by atoms with van der Waals surface area (Å²) in [6.07, 6.45) is 9.60. The van der Waals surface area contributed by atoms with E-state index in [2.05, 4.69) is 29.4 Å². The zero-order chi connectivity index (χ0) is 32.1. The molecule has 3 atom stereocenters. The van der Waals surface area contributed by atoms with Crippen LogP contribution in [0.2, 0.25) is 0 Å². The number of halogens is 3. The van der Waals surface area contributed by atoms with E-state index >= 15 is 0 Å². The Bertz CT molecular complexity index is 1630. The maximum absolute atomic E-state index is 13.8. The molecule has 0 spiro atoms. The van der Waals surface area contributed by atoms with E-state index in [0.29, 0.717) is 29.4 Å². The van der Waals surface area contributed by atoms with Gasteiger partial charge in [0, 0.05) is 42.8 Å². The molecule has 2 aliphatic rings. The van der Waals surface area contributed by atoms with Gasteiger partial charge in [-0.2, -0.15) is 0 Å². The summed E-state index contributed by atoms with van der Waals surface area (Å²) in [6, 6.07) is 18.0. The molecule has 0 bridgehead atoms. The predicted molar refractivity (Wildman–Crippen MR) is 174 cm³/mol. The number of hydrogen-bond acceptors (Lipinski definition) is 3. The second-order valence-corrected chi connectivity index (χ2v) is 12.9. The predicted octanol–water partition coefficient (Wildman–Crippen LogP) is 7.27. The number of fused-ring (bicyclic) bond motifs is 1. The van der Waals surface area contributed by atoms with Crippen LogP contribution in [-0.2, 0) is 0 Å². The quantitative estimate of drug-likeness (QED) is 0.244. The van der Waals surface area contributed by atoms with Gasteiger partial charge in [-0.1, -0.05) is 61.9 Å². The molecule has 3 aromatic carbocycles. The van der Waals surface area contributed by atoms with Crippen molar-refractivity contribution in [3.63, 3.8) is 0 Å². The van der Waals surface area contributed by atoms with E-state index in [0.717, 1.165) is 65.8 Å². The number of carbonyl (C=O) groups is 2. The summed E-state index contributed by atoms with van der Waals surface area (Å²) in [5.74, 6) is -2.76. The van der Waals surface area contributed by atoms with Gasteiger partial charge in [0.1, 0.15) is 5.82 Å². The minimum Gasteiger partial charge on any atom is -0.374 e. The topological polar surface area (TPSA) is 49.4 Å². The van der Waals surface area contributed by atoms with Crippen molar-refractivity contribution >= 4 is 24.0 Å². The summed E-state index contributed by atoms with van der Waals surface area (Å²) in [4.78, 5) is 28.4. The number of amides is 1. The molecular weight excluding hydrogens is 573 g/mol. The van der Waals surface area contributed by atoms with Gasteiger partial charge in [-0.3, -0.25) is 9.59 Å². The first-order valence-electron chi connectivity index (χ1n) is 16.1. The van der Waals surface area contributed by atoms with E-state index in [4.69, 9.17) is 0 Å². The highest BCUT2D eigenvalue weighted by molar-refractivity contribution is 5.97. The van der Waals surface area contributed by atoms with E-state index in [1.165, 1.54) is 19.1 Å². The summed E-state index contributed by atoms with van der Waals surface area (Å²) >= 11 is 0. The van der Waals surface area contributed by atoms with E-state index in [1.807, 2.05) is 43.3 Å². The standard InChI is InChI=1S/C38H43F3N2O2/c1-4-38(40,41)24-42-37(45)35-21-33-23-43(26(3)8-9-32(33)18-25(35)2)22-28-7-5-6-27(19-28)20-36(44)31-12-10-29(11-13-31)30-14-16-34(39)17-15-30/h9-18,21,23,26-28H,4-8,19-20,22,24H2,1-3H3,(H,42,45). The van der Waals surface area contributed by atoms with Gasteiger partial charge in [-0.15, -0.1) is 0 Å². The Kier molecular flexibility index (Phi) is 10.2. The number of Topliss-reactive ketones (excluding diaryl/α,β-unsaturated/α-hetero) is 1. The summed E-state index contributed by atoms with van der Waals surface area (Å²) in [7, 11) is 0. The number of aryl methyl sites for hydroxylation is 1. The Morgan fingerprint density at radius 3 is 2.31 bits per heavy atom. The molecule has 1 fully saturated rings. The van der Waals surface area contributed by atoms with Gasteiger partial charge in [0.25, 0.3) is 11.8 Å². The minimum absolute atomic E-state index is 0.155. The van der Waals surface area contributed by atoms with Gasteiger partial charge in [0.05, 0.1) is 6.54 Å². The molecule has 3 aromatic rings. The lowest BCUT2D eigenvalue weighted by atomic mass is 9.78. The van der Waals surface area contributed by atoms with Gasteiger partial charge in [0.2, 0.25) is 0 Å². The van der Waals surface area contributed by atoms with Gasteiger partial charge in [0.15, 0.2) is 5.78 Å².